The van der Waals surface area contributed by atoms with Crippen molar-refractivity contribution in [1.82, 2.24) is 10.2 Å². The molecule has 0 aromatic heterocycles. The van der Waals surface area contributed by atoms with Gasteiger partial charge in [0.15, 0.2) is 0 Å². The first-order valence-electron chi connectivity index (χ1n) is 13.6. The first-order chi connectivity index (χ1) is 19.8. The van der Waals surface area contributed by atoms with Gasteiger partial charge in [0, 0.05) is 19.0 Å². The summed E-state index contributed by atoms with van der Waals surface area (Å²) in [5.74, 6) is -2.38. The molecule has 0 radical (unpaired) electrons. The zero-order chi connectivity index (χ0) is 29.0. The lowest BCUT2D eigenvalue weighted by Crippen LogP contribution is -2.65. The third kappa shape index (κ3) is 5.79. The first-order valence-corrected chi connectivity index (χ1v) is 13.6. The summed E-state index contributed by atoms with van der Waals surface area (Å²) in [6, 6.07) is 23.7. The Kier molecular flexibility index (Phi) is 8.05. The van der Waals surface area contributed by atoms with Gasteiger partial charge in [-0.15, -0.1) is 0 Å². The van der Waals surface area contributed by atoms with E-state index in [1.165, 1.54) is 4.90 Å². The molecule has 1 atom stereocenters. The number of esters is 1. The Morgan fingerprint density at radius 1 is 0.902 bits per heavy atom. The van der Waals surface area contributed by atoms with E-state index in [9.17, 15) is 24.3 Å². The molecule has 3 aromatic carbocycles. The number of carboxylic acid groups (broad SMARTS) is 1. The molecule has 0 spiro atoms. The van der Waals surface area contributed by atoms with Crippen LogP contribution >= 0.6 is 0 Å². The highest BCUT2D eigenvalue weighted by atomic mass is 16.5. The highest BCUT2D eigenvalue weighted by Gasteiger charge is 2.51. The van der Waals surface area contributed by atoms with E-state index in [4.69, 9.17) is 9.47 Å². The predicted molar refractivity (Wildman–Crippen MR) is 150 cm³/mol. The molecule has 41 heavy (non-hydrogen) atoms. The van der Waals surface area contributed by atoms with Crippen molar-refractivity contribution >= 4 is 23.9 Å². The smallest absolute Gasteiger partial charge is 0.407 e. The highest BCUT2D eigenvalue weighted by molar-refractivity contribution is 5.92. The highest BCUT2D eigenvalue weighted by Crippen LogP contribution is 2.44. The molecule has 9 heteroatoms. The van der Waals surface area contributed by atoms with E-state index in [2.05, 4.69) is 5.32 Å². The summed E-state index contributed by atoms with van der Waals surface area (Å²) in [5.41, 5.74) is 4.01. The van der Waals surface area contributed by atoms with Crippen molar-refractivity contribution in [3.05, 3.63) is 95.6 Å². The fourth-order valence-electron chi connectivity index (χ4n) is 5.52. The van der Waals surface area contributed by atoms with Crippen LogP contribution in [0.3, 0.4) is 0 Å². The number of aliphatic carboxylic acids is 1. The minimum Gasteiger partial charge on any atom is -0.481 e. The first kappa shape index (κ1) is 27.9. The third-order valence-electron chi connectivity index (χ3n) is 7.98. The van der Waals surface area contributed by atoms with E-state index in [0.29, 0.717) is 6.42 Å². The lowest BCUT2D eigenvalue weighted by Gasteiger charge is -2.47. The van der Waals surface area contributed by atoms with Gasteiger partial charge in [0.2, 0.25) is 5.91 Å². The van der Waals surface area contributed by atoms with E-state index in [0.717, 1.165) is 27.8 Å². The number of carbonyl (C=O) groups excluding carboxylic acids is 3. The van der Waals surface area contributed by atoms with E-state index in [1.807, 2.05) is 66.7 Å². The number of amides is 2. The maximum Gasteiger partial charge on any atom is 0.407 e. The zero-order valence-electron chi connectivity index (χ0n) is 22.7. The molecule has 0 saturated carbocycles. The summed E-state index contributed by atoms with van der Waals surface area (Å²) in [6.07, 6.45) is -0.907. The monoisotopic (exact) mass is 556 g/mol. The number of nitrogens with zero attached hydrogens (tertiary/aromatic N) is 1. The fourth-order valence-corrected chi connectivity index (χ4v) is 5.52. The van der Waals surface area contributed by atoms with Gasteiger partial charge in [-0.2, -0.15) is 0 Å². The second-order valence-electron chi connectivity index (χ2n) is 10.5. The summed E-state index contributed by atoms with van der Waals surface area (Å²) in [4.78, 5) is 52.1. The van der Waals surface area contributed by atoms with Crippen LogP contribution in [0.1, 0.15) is 42.4 Å². The zero-order valence-corrected chi connectivity index (χ0v) is 22.7. The molecule has 3 aromatic rings. The number of hydrogen-bond donors (Lipinski definition) is 2. The van der Waals surface area contributed by atoms with Crippen LogP contribution in [0.25, 0.3) is 11.1 Å². The van der Waals surface area contributed by atoms with Crippen LogP contribution in [0.5, 0.6) is 0 Å². The summed E-state index contributed by atoms with van der Waals surface area (Å²) in [7, 11) is 0. The quantitative estimate of drug-likeness (QED) is 0.356. The molecule has 0 unspecified atom stereocenters. The number of fused-ring (bicyclic) bond motifs is 3. The Labute approximate surface area is 238 Å². The van der Waals surface area contributed by atoms with Gasteiger partial charge >= 0.3 is 18.0 Å². The number of hydrogen-bond acceptors (Lipinski definition) is 6. The van der Waals surface area contributed by atoms with E-state index in [1.54, 1.807) is 19.1 Å². The Morgan fingerprint density at radius 2 is 1.49 bits per heavy atom. The SMILES string of the molecule is CCC1(C(=O)O)CN(C(=O)[C@H](CC(=O)OCc2ccccc2)NC(=O)OCC2c3ccccc3-c3ccccc32)C1. The topological polar surface area (TPSA) is 122 Å². The Morgan fingerprint density at radius 3 is 2.07 bits per heavy atom. The molecule has 212 valence electrons. The van der Waals surface area contributed by atoms with Crippen LogP contribution in [0.2, 0.25) is 0 Å². The van der Waals surface area contributed by atoms with E-state index in [-0.39, 0.29) is 32.2 Å². The summed E-state index contributed by atoms with van der Waals surface area (Å²) >= 11 is 0. The van der Waals surface area contributed by atoms with Crippen LogP contribution in [0, 0.1) is 5.41 Å². The van der Waals surface area contributed by atoms with Gasteiger partial charge in [0.05, 0.1) is 6.42 Å². The van der Waals surface area contributed by atoms with Crippen molar-refractivity contribution in [3.8, 4) is 11.1 Å². The maximum absolute atomic E-state index is 13.3. The maximum atomic E-state index is 13.3. The number of carboxylic acids is 1. The fraction of sp³-hybridized carbons (Fsp3) is 0.312. The van der Waals surface area contributed by atoms with Crippen molar-refractivity contribution in [3.63, 3.8) is 0 Å². The average Bonchev–Trinajstić information content (AvgIpc) is 3.28. The molecule has 1 aliphatic heterocycles. The Balaban J connectivity index is 1.25. The molecule has 1 aliphatic carbocycles. The summed E-state index contributed by atoms with van der Waals surface area (Å²) in [6.45, 7) is 1.82. The molecular formula is C32H32N2O7. The van der Waals surface area contributed by atoms with Crippen LogP contribution in [-0.2, 0) is 30.5 Å². The van der Waals surface area contributed by atoms with Crippen LogP contribution in [0.4, 0.5) is 4.79 Å². The molecule has 2 amide bonds. The van der Waals surface area contributed by atoms with E-state index < -0.39 is 41.8 Å². The molecule has 1 saturated heterocycles. The number of rotatable bonds is 10. The minimum absolute atomic E-state index is 0.000397. The largest absolute Gasteiger partial charge is 0.481 e. The van der Waals surface area contributed by atoms with Crippen molar-refractivity contribution in [2.75, 3.05) is 19.7 Å². The summed E-state index contributed by atoms with van der Waals surface area (Å²) < 4.78 is 10.9. The van der Waals surface area contributed by atoms with Gasteiger partial charge in [0.1, 0.15) is 24.7 Å². The standard InChI is InChI=1S/C32H32N2O7/c1-2-32(30(37)38)19-34(20-32)29(36)27(16-28(35)40-17-21-10-4-3-5-11-21)33-31(39)41-18-26-24-14-8-6-12-22(24)23-13-7-9-15-25(23)26/h3-15,26-27H,2,16-20H2,1H3,(H,33,39)(H,37,38)/t27-/m0/s1. The van der Waals surface area contributed by atoms with Gasteiger partial charge in [-0.3, -0.25) is 14.4 Å². The molecule has 2 aliphatic rings. The van der Waals surface area contributed by atoms with Crippen LogP contribution in [-0.4, -0.2) is 59.7 Å². The number of ether oxygens (including phenoxy) is 2. The van der Waals surface area contributed by atoms with E-state index >= 15 is 0 Å². The van der Waals surface area contributed by atoms with Gasteiger partial charge in [-0.1, -0.05) is 85.8 Å². The van der Waals surface area contributed by atoms with Crippen LogP contribution in [0.15, 0.2) is 78.9 Å². The number of carbonyl (C=O) groups is 4. The van der Waals surface area contributed by atoms with Gasteiger partial charge < -0.3 is 24.8 Å². The second-order valence-corrected chi connectivity index (χ2v) is 10.5. The van der Waals surface area contributed by atoms with Crippen molar-refractivity contribution < 1.29 is 33.8 Å². The van der Waals surface area contributed by atoms with Crippen molar-refractivity contribution in [2.45, 2.75) is 38.3 Å². The lowest BCUT2D eigenvalue weighted by atomic mass is 9.77. The lowest BCUT2D eigenvalue weighted by molar-refractivity contribution is -0.168. The number of alkyl carbamates (subject to hydrolysis) is 1. The average molecular weight is 557 g/mol. The second kappa shape index (κ2) is 11.8. The van der Waals surface area contributed by atoms with Gasteiger partial charge in [0.25, 0.3) is 0 Å². The van der Waals surface area contributed by atoms with Crippen molar-refractivity contribution in [1.29, 1.82) is 0 Å². The van der Waals surface area contributed by atoms with Crippen molar-refractivity contribution in [2.24, 2.45) is 5.41 Å². The molecule has 9 nitrogen and oxygen atoms in total. The molecule has 5 rings (SSSR count). The third-order valence-corrected chi connectivity index (χ3v) is 7.98. The Hall–Kier alpha value is -4.66. The molecule has 2 N–H and O–H groups in total. The van der Waals surface area contributed by atoms with Gasteiger partial charge in [-0.05, 0) is 34.2 Å². The van der Waals surface area contributed by atoms with Crippen LogP contribution < -0.4 is 5.32 Å². The molecule has 0 bridgehead atoms. The molecule has 1 fully saturated rings. The van der Waals surface area contributed by atoms with Gasteiger partial charge in [-0.25, -0.2) is 4.79 Å². The minimum atomic E-state index is -1.27. The normalized spacial score (nSPS) is 15.6. The Bertz CT molecular complexity index is 1400. The summed E-state index contributed by atoms with van der Waals surface area (Å²) in [5, 5.41) is 12.1. The number of nitrogens with one attached hydrogen (secondary N) is 1. The number of likely N-dealkylation sites (tertiary alicyclic amines) is 1. The number of benzene rings is 3. The predicted octanol–water partition coefficient (Wildman–Crippen LogP) is 4.35. The molecular weight excluding hydrogens is 524 g/mol. The molecule has 1 heterocycles.